The third kappa shape index (κ3) is 2.81. The van der Waals surface area contributed by atoms with E-state index < -0.39 is 5.60 Å². The second kappa shape index (κ2) is 5.38. The Morgan fingerprint density at radius 1 is 1.59 bits per heavy atom. The monoisotopic (exact) mass is 252 g/mol. The van der Waals surface area contributed by atoms with E-state index in [-0.39, 0.29) is 5.92 Å². The van der Waals surface area contributed by atoms with Gasteiger partial charge in [0, 0.05) is 36.2 Å². The van der Waals surface area contributed by atoms with Gasteiger partial charge in [0.15, 0.2) is 0 Å². The quantitative estimate of drug-likeness (QED) is 0.886. The van der Waals surface area contributed by atoms with Crippen LogP contribution >= 0.6 is 11.8 Å². The predicted molar refractivity (Wildman–Crippen MR) is 72.1 cm³/mol. The second-order valence-electron chi connectivity index (χ2n) is 4.95. The molecule has 2 atom stereocenters. The highest BCUT2D eigenvalue weighted by molar-refractivity contribution is 7.99. The minimum atomic E-state index is -0.705. The van der Waals surface area contributed by atoms with E-state index in [1.807, 2.05) is 23.9 Å². The summed E-state index contributed by atoms with van der Waals surface area (Å²) in [6.07, 6.45) is 4.38. The molecule has 1 saturated heterocycles. The van der Waals surface area contributed by atoms with E-state index in [1.54, 1.807) is 12.4 Å². The molecule has 4 heteroatoms. The van der Waals surface area contributed by atoms with Crippen LogP contribution in [0.2, 0.25) is 0 Å². The smallest absolute Gasteiger partial charge is 0.0967 e. The van der Waals surface area contributed by atoms with Crippen LogP contribution in [-0.2, 0) is 5.60 Å². The zero-order chi connectivity index (χ0) is 12.3. The summed E-state index contributed by atoms with van der Waals surface area (Å²) in [6, 6.07) is 3.90. The molecule has 1 N–H and O–H groups in total. The highest BCUT2D eigenvalue weighted by Crippen LogP contribution is 2.40. The van der Waals surface area contributed by atoms with Crippen molar-refractivity contribution in [1.29, 1.82) is 0 Å². The van der Waals surface area contributed by atoms with Crippen LogP contribution in [0.1, 0.15) is 12.0 Å². The van der Waals surface area contributed by atoms with E-state index in [4.69, 9.17) is 0 Å². The molecule has 2 unspecified atom stereocenters. The number of hydrogen-bond acceptors (Lipinski definition) is 4. The Morgan fingerprint density at radius 3 is 3.06 bits per heavy atom. The molecule has 94 valence electrons. The number of hydrogen-bond donors (Lipinski definition) is 1. The van der Waals surface area contributed by atoms with Crippen molar-refractivity contribution in [2.24, 2.45) is 5.92 Å². The Bertz CT molecular complexity index is 358. The topological polar surface area (TPSA) is 36.4 Å². The zero-order valence-electron chi connectivity index (χ0n) is 10.5. The predicted octanol–water partition coefficient (Wildman–Crippen LogP) is 1.58. The van der Waals surface area contributed by atoms with Crippen LogP contribution in [0.3, 0.4) is 0 Å². The third-order valence-corrected chi connectivity index (χ3v) is 4.50. The van der Waals surface area contributed by atoms with Crippen molar-refractivity contribution in [3.8, 4) is 0 Å². The molecule has 0 amide bonds. The van der Waals surface area contributed by atoms with E-state index in [0.717, 1.165) is 30.0 Å². The first-order valence-corrected chi connectivity index (χ1v) is 7.14. The van der Waals surface area contributed by atoms with Gasteiger partial charge in [-0.25, -0.2) is 0 Å². The van der Waals surface area contributed by atoms with Gasteiger partial charge in [0.1, 0.15) is 0 Å². The molecule has 2 heterocycles. The summed E-state index contributed by atoms with van der Waals surface area (Å²) < 4.78 is 0. The summed E-state index contributed by atoms with van der Waals surface area (Å²) in [4.78, 5) is 6.29. The summed E-state index contributed by atoms with van der Waals surface area (Å²) in [6.45, 7) is 0.915. The van der Waals surface area contributed by atoms with E-state index in [0.29, 0.717) is 0 Å². The lowest BCUT2D eigenvalue weighted by atomic mass is 9.80. The number of aromatic nitrogens is 1. The van der Waals surface area contributed by atoms with Gasteiger partial charge in [-0.05, 0) is 32.3 Å². The number of aliphatic hydroxyl groups is 1. The van der Waals surface area contributed by atoms with Gasteiger partial charge in [-0.1, -0.05) is 6.07 Å². The highest BCUT2D eigenvalue weighted by atomic mass is 32.2. The van der Waals surface area contributed by atoms with Gasteiger partial charge in [-0.15, -0.1) is 0 Å². The highest BCUT2D eigenvalue weighted by Gasteiger charge is 2.40. The Balaban J connectivity index is 2.25. The molecule has 0 bridgehead atoms. The molecule has 0 aliphatic carbocycles. The van der Waals surface area contributed by atoms with Crippen molar-refractivity contribution in [1.82, 2.24) is 9.88 Å². The van der Waals surface area contributed by atoms with E-state index in [9.17, 15) is 5.11 Å². The fourth-order valence-electron chi connectivity index (χ4n) is 2.44. The van der Waals surface area contributed by atoms with Gasteiger partial charge in [0.05, 0.1) is 5.60 Å². The molecule has 1 fully saturated rings. The van der Waals surface area contributed by atoms with Gasteiger partial charge < -0.3 is 10.0 Å². The number of thioether (sulfide) groups is 1. The second-order valence-corrected chi connectivity index (χ2v) is 6.10. The molecule has 1 aliphatic rings. The van der Waals surface area contributed by atoms with Gasteiger partial charge in [0.2, 0.25) is 0 Å². The van der Waals surface area contributed by atoms with Gasteiger partial charge in [-0.3, -0.25) is 4.98 Å². The lowest BCUT2D eigenvalue weighted by Gasteiger charge is -2.41. The van der Waals surface area contributed by atoms with Crippen molar-refractivity contribution in [3.05, 3.63) is 30.1 Å². The molecule has 0 radical (unpaired) electrons. The van der Waals surface area contributed by atoms with E-state index in [2.05, 4.69) is 24.0 Å². The van der Waals surface area contributed by atoms with Crippen LogP contribution < -0.4 is 0 Å². The minimum Gasteiger partial charge on any atom is -0.385 e. The molecular weight excluding hydrogens is 232 g/mol. The fraction of sp³-hybridized carbons (Fsp3) is 0.615. The molecule has 0 saturated carbocycles. The van der Waals surface area contributed by atoms with Crippen molar-refractivity contribution in [2.45, 2.75) is 12.0 Å². The number of rotatable bonds is 3. The molecule has 1 aromatic heterocycles. The first-order chi connectivity index (χ1) is 8.13. The van der Waals surface area contributed by atoms with Crippen molar-refractivity contribution in [3.63, 3.8) is 0 Å². The Hall–Kier alpha value is -0.580. The van der Waals surface area contributed by atoms with Crippen molar-refractivity contribution < 1.29 is 5.11 Å². The average Bonchev–Trinajstić information content (AvgIpc) is 2.33. The molecule has 1 aromatic rings. The summed E-state index contributed by atoms with van der Waals surface area (Å²) in [7, 11) is 4.12. The average molecular weight is 252 g/mol. The first kappa shape index (κ1) is 12.9. The van der Waals surface area contributed by atoms with Gasteiger partial charge >= 0.3 is 0 Å². The molecule has 3 nitrogen and oxygen atoms in total. The molecule has 0 aromatic carbocycles. The van der Waals surface area contributed by atoms with Gasteiger partial charge in [0.25, 0.3) is 0 Å². The van der Waals surface area contributed by atoms with Crippen LogP contribution in [0.5, 0.6) is 0 Å². The Labute approximate surface area is 107 Å². The number of nitrogens with zero attached hydrogens (tertiary/aromatic N) is 2. The lowest BCUT2D eigenvalue weighted by Crippen LogP contribution is -2.45. The minimum absolute atomic E-state index is 0.278. The molecular formula is C13H20N2OS. The van der Waals surface area contributed by atoms with E-state index >= 15 is 0 Å². The van der Waals surface area contributed by atoms with Crippen molar-refractivity contribution in [2.75, 3.05) is 32.1 Å². The van der Waals surface area contributed by atoms with Crippen LogP contribution in [0.4, 0.5) is 0 Å². The Morgan fingerprint density at radius 2 is 2.41 bits per heavy atom. The lowest BCUT2D eigenvalue weighted by molar-refractivity contribution is -0.0296. The summed E-state index contributed by atoms with van der Waals surface area (Å²) in [5.74, 6) is 2.32. The standard InChI is InChI=1S/C13H20N2OS/c1-15(2)9-12-10-17-7-5-13(12,16)11-4-3-6-14-8-11/h3-4,6,8,12,16H,5,7,9-10H2,1-2H3. The van der Waals surface area contributed by atoms with Gasteiger partial charge in [-0.2, -0.15) is 11.8 Å². The largest absolute Gasteiger partial charge is 0.385 e. The van der Waals surface area contributed by atoms with Crippen LogP contribution in [0.25, 0.3) is 0 Å². The van der Waals surface area contributed by atoms with Crippen LogP contribution in [-0.4, -0.2) is 47.1 Å². The summed E-state index contributed by atoms with van der Waals surface area (Å²) in [5, 5.41) is 11.0. The maximum absolute atomic E-state index is 11.0. The van der Waals surface area contributed by atoms with Crippen molar-refractivity contribution >= 4 is 11.8 Å². The van der Waals surface area contributed by atoms with Crippen LogP contribution in [0, 0.1) is 5.92 Å². The SMILES string of the molecule is CN(C)CC1CSCCC1(O)c1cccnc1. The Kier molecular flexibility index (Phi) is 4.07. The number of pyridine rings is 1. The summed E-state index contributed by atoms with van der Waals surface area (Å²) >= 11 is 1.93. The van der Waals surface area contributed by atoms with Crippen LogP contribution in [0.15, 0.2) is 24.5 Å². The first-order valence-electron chi connectivity index (χ1n) is 5.98. The maximum Gasteiger partial charge on any atom is 0.0967 e. The molecule has 17 heavy (non-hydrogen) atoms. The summed E-state index contributed by atoms with van der Waals surface area (Å²) in [5.41, 5.74) is 0.260. The maximum atomic E-state index is 11.0. The molecule has 2 rings (SSSR count). The fourth-order valence-corrected chi connectivity index (χ4v) is 3.73. The molecule has 1 aliphatic heterocycles. The zero-order valence-corrected chi connectivity index (χ0v) is 11.3. The molecule has 0 spiro atoms. The normalized spacial score (nSPS) is 29.5. The third-order valence-electron chi connectivity index (χ3n) is 3.37. The van der Waals surface area contributed by atoms with E-state index in [1.165, 1.54) is 0 Å².